The van der Waals surface area contributed by atoms with Gasteiger partial charge in [0.2, 0.25) is 0 Å². The molecule has 134 valence electrons. The number of benzene rings is 2. The van der Waals surface area contributed by atoms with E-state index in [0.29, 0.717) is 17.1 Å². The standard InChI is InChI=1S/C19H22N2O3.ClH/c1-12(13-6-7-17(23-2)18(9-13)24-3)21-19(22)14-4-5-15-10-20-11-16(15)8-14;/h4-9,12,20H,10-11H2,1-3H3,(H,21,22);1H. The smallest absolute Gasteiger partial charge is 0.251 e. The number of hydrogen-bond donors (Lipinski definition) is 2. The molecule has 0 aromatic heterocycles. The number of carbonyl (C=O) groups excluding carboxylic acids is 1. The first-order valence-electron chi connectivity index (χ1n) is 7.97. The molecule has 1 heterocycles. The van der Waals surface area contributed by atoms with Crippen LogP contribution in [0.1, 0.15) is 40.0 Å². The van der Waals surface area contributed by atoms with Gasteiger partial charge in [-0.3, -0.25) is 4.79 Å². The van der Waals surface area contributed by atoms with Crippen molar-refractivity contribution in [3.63, 3.8) is 0 Å². The van der Waals surface area contributed by atoms with Crippen molar-refractivity contribution in [2.45, 2.75) is 26.1 Å². The largest absolute Gasteiger partial charge is 0.493 e. The molecular formula is C19H23ClN2O3. The Hall–Kier alpha value is -2.24. The van der Waals surface area contributed by atoms with Crippen LogP contribution in [0, 0.1) is 0 Å². The molecule has 0 spiro atoms. The summed E-state index contributed by atoms with van der Waals surface area (Å²) in [6.45, 7) is 3.65. The highest BCUT2D eigenvalue weighted by Crippen LogP contribution is 2.30. The van der Waals surface area contributed by atoms with E-state index in [1.165, 1.54) is 11.1 Å². The van der Waals surface area contributed by atoms with Crippen LogP contribution < -0.4 is 20.1 Å². The Kier molecular flexibility index (Phi) is 6.28. The molecule has 6 heteroatoms. The lowest BCUT2D eigenvalue weighted by Gasteiger charge is -2.17. The Morgan fingerprint density at radius 2 is 1.76 bits per heavy atom. The van der Waals surface area contributed by atoms with E-state index in [-0.39, 0.29) is 24.4 Å². The van der Waals surface area contributed by atoms with E-state index in [0.717, 1.165) is 18.7 Å². The number of fused-ring (bicyclic) bond motifs is 1. The Bertz CT molecular complexity index is 764. The minimum atomic E-state index is -0.135. The quantitative estimate of drug-likeness (QED) is 0.857. The summed E-state index contributed by atoms with van der Waals surface area (Å²) in [5.74, 6) is 1.25. The first-order chi connectivity index (χ1) is 11.6. The predicted molar refractivity (Wildman–Crippen MR) is 99.7 cm³/mol. The van der Waals surface area contributed by atoms with E-state index in [9.17, 15) is 4.79 Å². The fourth-order valence-corrected chi connectivity index (χ4v) is 2.92. The van der Waals surface area contributed by atoms with Gasteiger partial charge in [0.15, 0.2) is 11.5 Å². The van der Waals surface area contributed by atoms with Crippen molar-refractivity contribution >= 4 is 18.3 Å². The van der Waals surface area contributed by atoms with Gasteiger partial charge in [-0.15, -0.1) is 12.4 Å². The fourth-order valence-electron chi connectivity index (χ4n) is 2.92. The highest BCUT2D eigenvalue weighted by molar-refractivity contribution is 5.94. The summed E-state index contributed by atoms with van der Waals surface area (Å²) in [5.41, 5.74) is 4.11. The van der Waals surface area contributed by atoms with Crippen molar-refractivity contribution in [1.82, 2.24) is 10.6 Å². The maximum atomic E-state index is 12.5. The van der Waals surface area contributed by atoms with Crippen LogP contribution in [0.5, 0.6) is 11.5 Å². The van der Waals surface area contributed by atoms with Gasteiger partial charge < -0.3 is 20.1 Å². The summed E-state index contributed by atoms with van der Waals surface area (Å²) in [5, 5.41) is 6.32. The second-order valence-corrected chi connectivity index (χ2v) is 5.90. The van der Waals surface area contributed by atoms with Crippen LogP contribution in [0.4, 0.5) is 0 Å². The van der Waals surface area contributed by atoms with Gasteiger partial charge in [0, 0.05) is 18.7 Å². The fraction of sp³-hybridized carbons (Fsp3) is 0.316. The SMILES string of the molecule is COc1ccc(C(C)NC(=O)c2ccc3c(c2)CNC3)cc1OC.Cl. The molecule has 2 aromatic carbocycles. The average molecular weight is 363 g/mol. The number of rotatable bonds is 5. The van der Waals surface area contributed by atoms with Crippen LogP contribution in [0.25, 0.3) is 0 Å². The Labute approximate surface area is 154 Å². The number of hydrogen-bond acceptors (Lipinski definition) is 4. The van der Waals surface area contributed by atoms with E-state index in [2.05, 4.69) is 10.6 Å². The van der Waals surface area contributed by atoms with Gasteiger partial charge in [0.05, 0.1) is 20.3 Å². The molecule has 0 aliphatic carbocycles. The molecule has 0 saturated heterocycles. The maximum absolute atomic E-state index is 12.5. The van der Waals surface area contributed by atoms with Gasteiger partial charge >= 0.3 is 0 Å². The average Bonchev–Trinajstić information content (AvgIpc) is 3.08. The third-order valence-corrected chi connectivity index (χ3v) is 4.35. The predicted octanol–water partition coefficient (Wildman–Crippen LogP) is 3.22. The van der Waals surface area contributed by atoms with Crippen LogP contribution in [-0.2, 0) is 13.1 Å². The number of carbonyl (C=O) groups is 1. The van der Waals surface area contributed by atoms with E-state index in [1.807, 2.05) is 43.3 Å². The summed E-state index contributed by atoms with van der Waals surface area (Å²) in [6.07, 6.45) is 0. The van der Waals surface area contributed by atoms with Crippen LogP contribution in [0.2, 0.25) is 0 Å². The van der Waals surface area contributed by atoms with Crippen LogP contribution in [0.15, 0.2) is 36.4 Å². The normalized spacial score (nSPS) is 13.4. The second-order valence-electron chi connectivity index (χ2n) is 5.90. The molecule has 3 rings (SSSR count). The van der Waals surface area contributed by atoms with Gasteiger partial charge in [-0.1, -0.05) is 12.1 Å². The van der Waals surface area contributed by atoms with Crippen molar-refractivity contribution in [1.29, 1.82) is 0 Å². The minimum absolute atomic E-state index is 0. The van der Waals surface area contributed by atoms with Crippen molar-refractivity contribution in [3.8, 4) is 11.5 Å². The summed E-state index contributed by atoms with van der Waals surface area (Å²) in [6, 6.07) is 11.4. The highest BCUT2D eigenvalue weighted by Gasteiger charge is 2.16. The molecule has 0 bridgehead atoms. The molecule has 0 radical (unpaired) electrons. The first kappa shape index (κ1) is 19.1. The lowest BCUT2D eigenvalue weighted by Crippen LogP contribution is -2.26. The number of nitrogens with one attached hydrogen (secondary N) is 2. The van der Waals surface area contributed by atoms with E-state index < -0.39 is 0 Å². The Morgan fingerprint density at radius 1 is 1.04 bits per heavy atom. The van der Waals surface area contributed by atoms with E-state index in [4.69, 9.17) is 9.47 Å². The van der Waals surface area contributed by atoms with Gasteiger partial charge in [-0.2, -0.15) is 0 Å². The van der Waals surface area contributed by atoms with Gasteiger partial charge in [-0.05, 0) is 47.9 Å². The van der Waals surface area contributed by atoms with Gasteiger partial charge in [0.1, 0.15) is 0 Å². The molecule has 25 heavy (non-hydrogen) atoms. The van der Waals surface area contributed by atoms with Crippen LogP contribution in [-0.4, -0.2) is 20.1 Å². The molecule has 1 aliphatic rings. The molecule has 1 unspecified atom stereocenters. The Balaban J connectivity index is 0.00000225. The van der Waals surface area contributed by atoms with Crippen molar-refractivity contribution in [3.05, 3.63) is 58.7 Å². The van der Waals surface area contributed by atoms with Gasteiger partial charge in [-0.25, -0.2) is 0 Å². The zero-order chi connectivity index (χ0) is 17.1. The number of methoxy groups -OCH3 is 2. The zero-order valence-electron chi connectivity index (χ0n) is 14.6. The molecule has 2 N–H and O–H groups in total. The van der Waals surface area contributed by atoms with Crippen LogP contribution in [0.3, 0.4) is 0 Å². The maximum Gasteiger partial charge on any atom is 0.251 e. The van der Waals surface area contributed by atoms with Crippen molar-refractivity contribution in [2.75, 3.05) is 14.2 Å². The highest BCUT2D eigenvalue weighted by atomic mass is 35.5. The lowest BCUT2D eigenvalue weighted by atomic mass is 10.0. The second kappa shape index (κ2) is 8.23. The summed E-state index contributed by atoms with van der Waals surface area (Å²) >= 11 is 0. The Morgan fingerprint density at radius 3 is 2.48 bits per heavy atom. The molecule has 5 nitrogen and oxygen atoms in total. The lowest BCUT2D eigenvalue weighted by molar-refractivity contribution is 0.0939. The summed E-state index contributed by atoms with van der Waals surface area (Å²) in [4.78, 5) is 12.5. The van der Waals surface area contributed by atoms with Crippen molar-refractivity contribution in [2.24, 2.45) is 0 Å². The molecule has 1 amide bonds. The first-order valence-corrected chi connectivity index (χ1v) is 7.97. The molecule has 2 aromatic rings. The number of ether oxygens (including phenoxy) is 2. The topological polar surface area (TPSA) is 59.6 Å². The third kappa shape index (κ3) is 4.06. The minimum Gasteiger partial charge on any atom is -0.493 e. The van der Waals surface area contributed by atoms with Gasteiger partial charge in [0.25, 0.3) is 5.91 Å². The summed E-state index contributed by atoms with van der Waals surface area (Å²) < 4.78 is 10.6. The number of amides is 1. The zero-order valence-corrected chi connectivity index (χ0v) is 15.4. The number of halogens is 1. The third-order valence-electron chi connectivity index (χ3n) is 4.35. The van der Waals surface area contributed by atoms with Crippen LogP contribution >= 0.6 is 12.4 Å². The monoisotopic (exact) mass is 362 g/mol. The summed E-state index contributed by atoms with van der Waals surface area (Å²) in [7, 11) is 3.20. The van der Waals surface area contributed by atoms with Crippen molar-refractivity contribution < 1.29 is 14.3 Å². The molecular weight excluding hydrogens is 340 g/mol. The molecule has 0 saturated carbocycles. The molecule has 1 aliphatic heterocycles. The molecule has 0 fully saturated rings. The molecule has 1 atom stereocenters. The van der Waals surface area contributed by atoms with E-state index >= 15 is 0 Å². The van der Waals surface area contributed by atoms with E-state index in [1.54, 1.807) is 14.2 Å².